The summed E-state index contributed by atoms with van der Waals surface area (Å²) in [5.41, 5.74) is 4.50. The van der Waals surface area contributed by atoms with Crippen molar-refractivity contribution in [2.45, 2.75) is 12.8 Å². The molecular weight excluding hydrogens is 527 g/mol. The fraction of sp³-hybridized carbons (Fsp3) is 0.0741. The Balaban J connectivity index is 1.70. The zero-order valence-electron chi connectivity index (χ0n) is 17.6. The normalized spacial score (nSPS) is 11.1. The molecule has 0 aromatic heterocycles. The molecule has 0 aliphatic carbocycles. The molecule has 0 radical (unpaired) electrons. The molecule has 0 aliphatic rings. The van der Waals surface area contributed by atoms with Gasteiger partial charge >= 0.3 is 5.97 Å². The van der Waals surface area contributed by atoms with Gasteiger partial charge in [0.25, 0.3) is 0 Å². The maximum absolute atomic E-state index is 11.7. The van der Waals surface area contributed by atoms with Crippen molar-refractivity contribution in [3.8, 4) is 16.9 Å². The van der Waals surface area contributed by atoms with Gasteiger partial charge in [-0.1, -0.05) is 72.8 Å². The molecule has 0 fully saturated rings. The molecule has 0 saturated carbocycles. The number of halogens is 1. The van der Waals surface area contributed by atoms with Crippen LogP contribution >= 0.6 is 22.6 Å². The zero-order chi connectivity index (χ0) is 23.2. The number of hydrogen-bond donors (Lipinski definition) is 2. The Labute approximate surface area is 205 Å². The number of azo groups is 1. The van der Waals surface area contributed by atoms with Crippen LogP contribution < -0.4 is 0 Å². The quantitative estimate of drug-likeness (QED) is 0.185. The van der Waals surface area contributed by atoms with Gasteiger partial charge in [0.15, 0.2) is 0 Å². The van der Waals surface area contributed by atoms with Crippen LogP contribution in [0.25, 0.3) is 11.1 Å². The van der Waals surface area contributed by atoms with Crippen LogP contribution in [0.2, 0.25) is 0 Å². The molecule has 0 spiro atoms. The summed E-state index contributed by atoms with van der Waals surface area (Å²) in [5.74, 6) is -1.43. The number of aromatic carboxylic acids is 1. The van der Waals surface area contributed by atoms with Crippen molar-refractivity contribution in [3.05, 3.63) is 111 Å². The Bertz CT molecular complexity index is 1310. The Morgan fingerprint density at radius 1 is 0.818 bits per heavy atom. The highest BCUT2D eigenvalue weighted by atomic mass is 127. The summed E-state index contributed by atoms with van der Waals surface area (Å²) >= 11 is 2.22. The van der Waals surface area contributed by atoms with Gasteiger partial charge in [-0.3, -0.25) is 0 Å². The summed E-state index contributed by atoms with van der Waals surface area (Å²) in [6.45, 7) is 0. The second-order valence-electron chi connectivity index (χ2n) is 7.49. The third kappa shape index (κ3) is 5.46. The van der Waals surface area contributed by atoms with E-state index in [9.17, 15) is 15.0 Å². The minimum atomic E-state index is -1.20. The summed E-state index contributed by atoms with van der Waals surface area (Å²) in [7, 11) is 0. The van der Waals surface area contributed by atoms with Crippen molar-refractivity contribution in [2.75, 3.05) is 0 Å². The average molecular weight is 548 g/mol. The van der Waals surface area contributed by atoms with Gasteiger partial charge in [-0.15, -0.1) is 5.11 Å². The van der Waals surface area contributed by atoms with Crippen LogP contribution in [0.1, 0.15) is 21.5 Å². The molecule has 0 saturated heterocycles. The van der Waals surface area contributed by atoms with Crippen LogP contribution in [-0.4, -0.2) is 16.2 Å². The Kier molecular flexibility index (Phi) is 7.14. The fourth-order valence-electron chi connectivity index (χ4n) is 3.59. The number of carboxylic acids is 1. The summed E-state index contributed by atoms with van der Waals surface area (Å²) in [5, 5.41) is 29.0. The van der Waals surface area contributed by atoms with Gasteiger partial charge in [0, 0.05) is 9.13 Å². The van der Waals surface area contributed by atoms with Crippen molar-refractivity contribution in [3.63, 3.8) is 0 Å². The average Bonchev–Trinajstić information content (AvgIpc) is 2.84. The van der Waals surface area contributed by atoms with Crippen LogP contribution in [0.5, 0.6) is 5.75 Å². The molecule has 5 nitrogen and oxygen atoms in total. The molecule has 6 heteroatoms. The van der Waals surface area contributed by atoms with E-state index in [0.29, 0.717) is 29.8 Å². The molecule has 0 bridgehead atoms. The number of hydrogen-bond acceptors (Lipinski definition) is 4. The van der Waals surface area contributed by atoms with Gasteiger partial charge in [0.2, 0.25) is 0 Å². The van der Waals surface area contributed by atoms with Crippen LogP contribution in [0.3, 0.4) is 0 Å². The second kappa shape index (κ2) is 10.4. The first kappa shape index (κ1) is 22.7. The molecule has 0 heterocycles. The number of carboxylic acid groups (broad SMARTS) is 1. The van der Waals surface area contributed by atoms with Crippen molar-refractivity contribution in [1.29, 1.82) is 0 Å². The van der Waals surface area contributed by atoms with Gasteiger partial charge < -0.3 is 10.2 Å². The van der Waals surface area contributed by atoms with Gasteiger partial charge in [0.05, 0.1) is 5.69 Å². The number of aryl methyl sites for hydroxylation is 2. The molecule has 33 heavy (non-hydrogen) atoms. The smallest absolute Gasteiger partial charge is 0.339 e. The molecule has 164 valence electrons. The lowest BCUT2D eigenvalue weighted by Gasteiger charge is -2.10. The molecule has 4 aromatic carbocycles. The minimum absolute atomic E-state index is 0.180. The number of benzene rings is 4. The van der Waals surface area contributed by atoms with E-state index in [0.717, 1.165) is 20.3 Å². The van der Waals surface area contributed by atoms with Crippen molar-refractivity contribution in [1.82, 2.24) is 0 Å². The highest BCUT2D eigenvalue weighted by Crippen LogP contribution is 2.36. The van der Waals surface area contributed by atoms with Gasteiger partial charge in [-0.25, -0.2) is 4.79 Å². The second-order valence-corrected chi connectivity index (χ2v) is 8.66. The molecule has 0 atom stereocenters. The lowest BCUT2D eigenvalue weighted by molar-refractivity contribution is 0.0693. The molecule has 0 amide bonds. The predicted molar refractivity (Wildman–Crippen MR) is 138 cm³/mol. The maximum Gasteiger partial charge on any atom is 0.339 e. The first-order valence-corrected chi connectivity index (χ1v) is 11.5. The van der Waals surface area contributed by atoms with E-state index < -0.39 is 5.97 Å². The number of rotatable bonds is 7. The summed E-state index contributed by atoms with van der Waals surface area (Å²) in [6, 6.07) is 28.7. The summed E-state index contributed by atoms with van der Waals surface area (Å²) < 4.78 is 0.930. The highest BCUT2D eigenvalue weighted by molar-refractivity contribution is 14.1. The summed E-state index contributed by atoms with van der Waals surface area (Å²) in [4.78, 5) is 11.7. The van der Waals surface area contributed by atoms with E-state index in [4.69, 9.17) is 0 Å². The lowest BCUT2D eigenvalue weighted by Crippen LogP contribution is -2.00. The van der Waals surface area contributed by atoms with E-state index in [2.05, 4.69) is 32.8 Å². The fourth-order valence-corrected chi connectivity index (χ4v) is 4.19. The van der Waals surface area contributed by atoms with E-state index in [-0.39, 0.29) is 11.3 Å². The Hall–Kier alpha value is -3.52. The molecule has 0 aliphatic heterocycles. The van der Waals surface area contributed by atoms with Gasteiger partial charge in [-0.2, -0.15) is 5.11 Å². The third-order valence-electron chi connectivity index (χ3n) is 5.27. The van der Waals surface area contributed by atoms with Crippen LogP contribution in [0, 0.1) is 3.57 Å². The van der Waals surface area contributed by atoms with Crippen molar-refractivity contribution in [2.24, 2.45) is 10.2 Å². The number of phenols is 1. The first-order chi connectivity index (χ1) is 16.0. The van der Waals surface area contributed by atoms with E-state index >= 15 is 0 Å². The highest BCUT2D eigenvalue weighted by Gasteiger charge is 2.16. The number of nitrogens with zero attached hydrogens (tertiary/aromatic N) is 2. The number of aromatic hydroxyl groups is 1. The minimum Gasteiger partial charge on any atom is -0.507 e. The van der Waals surface area contributed by atoms with Crippen LogP contribution in [0.15, 0.2) is 101 Å². The largest absolute Gasteiger partial charge is 0.507 e. The zero-order valence-corrected chi connectivity index (χ0v) is 19.8. The van der Waals surface area contributed by atoms with Crippen LogP contribution in [-0.2, 0) is 12.8 Å². The van der Waals surface area contributed by atoms with Crippen LogP contribution in [0.4, 0.5) is 11.4 Å². The first-order valence-electron chi connectivity index (χ1n) is 10.4. The van der Waals surface area contributed by atoms with E-state index in [1.165, 1.54) is 6.07 Å². The van der Waals surface area contributed by atoms with E-state index in [1.54, 1.807) is 6.07 Å². The van der Waals surface area contributed by atoms with Crippen molar-refractivity contribution < 1.29 is 15.0 Å². The topological polar surface area (TPSA) is 82.2 Å². The van der Waals surface area contributed by atoms with Gasteiger partial charge in [-0.05, 0) is 70.3 Å². The van der Waals surface area contributed by atoms with E-state index in [1.807, 2.05) is 78.9 Å². The third-order valence-corrected chi connectivity index (χ3v) is 6.14. The lowest BCUT2D eigenvalue weighted by atomic mass is 10.0. The Morgan fingerprint density at radius 2 is 1.52 bits per heavy atom. The maximum atomic E-state index is 11.7. The molecule has 2 N–H and O–H groups in total. The molecular formula is C27H21IN2O3. The summed E-state index contributed by atoms with van der Waals surface area (Å²) in [6.07, 6.45) is 1.15. The van der Waals surface area contributed by atoms with Crippen molar-refractivity contribution >= 4 is 39.9 Å². The van der Waals surface area contributed by atoms with Gasteiger partial charge in [0.1, 0.15) is 17.0 Å². The standard InChI is InChI=1S/C27H21IN2O3/c28-24-13-7-12-22(19-10-5-2-6-11-19)25(24)30-29-21-16-20(26(31)23(17-21)27(32)33)15-14-18-8-3-1-4-9-18/h1-13,16-17,31H,14-15H2,(H,32,33)/b30-29+. The Morgan fingerprint density at radius 3 is 2.21 bits per heavy atom. The monoisotopic (exact) mass is 548 g/mol. The molecule has 4 aromatic rings. The molecule has 4 rings (SSSR count). The predicted octanol–water partition coefficient (Wildman–Crippen LogP) is 7.56. The SMILES string of the molecule is O=C(O)c1cc(/N=N/c2c(I)cccc2-c2ccccc2)cc(CCc2ccccc2)c1O. The number of carbonyl (C=O) groups is 1. The molecule has 0 unspecified atom stereocenters.